The Balaban J connectivity index is 0.000000194. The lowest BCUT2D eigenvalue weighted by molar-refractivity contribution is -0.108. The van der Waals surface area contributed by atoms with Crippen LogP contribution in [0.15, 0.2) is 30.3 Å². The minimum atomic E-state index is -0.519. The first kappa shape index (κ1) is 22.1. The molecule has 0 saturated heterocycles. The van der Waals surface area contributed by atoms with E-state index in [1.165, 1.54) is 6.07 Å². The molecule has 164 valence electrons. The van der Waals surface area contributed by atoms with Crippen molar-refractivity contribution in [2.75, 3.05) is 7.05 Å². The van der Waals surface area contributed by atoms with Gasteiger partial charge in [-0.05, 0) is 50.5 Å². The number of phenolic OH excluding ortho intramolecular Hbond substituents is 1. The average Bonchev–Trinajstić information content (AvgIpc) is 3.01. The number of hydrogen-bond donors (Lipinski definition) is 3. The molecule has 0 radical (unpaired) electrons. The number of hydrogen-bond acceptors (Lipinski definition) is 6. The van der Waals surface area contributed by atoms with Gasteiger partial charge < -0.3 is 20.1 Å². The van der Waals surface area contributed by atoms with Crippen molar-refractivity contribution in [1.82, 2.24) is 20.5 Å². The quantitative estimate of drug-likeness (QED) is 0.645. The SMILES string of the molecule is CN1Cc2ccc(O)cc2C1=O.Cc1ccc2c(n1)OC(C(C)NC(=O)NC=O)CC2. The van der Waals surface area contributed by atoms with Gasteiger partial charge in [-0.2, -0.15) is 0 Å². The van der Waals surface area contributed by atoms with Gasteiger partial charge in [0.25, 0.3) is 5.91 Å². The molecule has 9 nitrogen and oxygen atoms in total. The van der Waals surface area contributed by atoms with Crippen LogP contribution in [0.3, 0.4) is 0 Å². The first-order valence-electron chi connectivity index (χ1n) is 9.99. The van der Waals surface area contributed by atoms with Gasteiger partial charge in [-0.25, -0.2) is 9.78 Å². The Kier molecular flexibility index (Phi) is 6.74. The molecule has 2 unspecified atom stereocenters. The molecule has 0 bridgehead atoms. The number of aryl methyl sites for hydroxylation is 2. The van der Waals surface area contributed by atoms with Crippen LogP contribution in [0.5, 0.6) is 11.6 Å². The summed E-state index contributed by atoms with van der Waals surface area (Å²) in [4.78, 5) is 38.8. The van der Waals surface area contributed by atoms with Crippen LogP contribution in [-0.4, -0.2) is 52.5 Å². The molecule has 31 heavy (non-hydrogen) atoms. The van der Waals surface area contributed by atoms with E-state index < -0.39 is 6.03 Å². The van der Waals surface area contributed by atoms with Crippen molar-refractivity contribution in [2.45, 2.75) is 45.4 Å². The molecule has 1 aromatic heterocycles. The van der Waals surface area contributed by atoms with Gasteiger partial charge in [0.2, 0.25) is 12.3 Å². The molecule has 2 aromatic rings. The van der Waals surface area contributed by atoms with Crippen LogP contribution in [0.25, 0.3) is 0 Å². The van der Waals surface area contributed by atoms with E-state index in [-0.39, 0.29) is 23.8 Å². The predicted octanol–water partition coefficient (Wildman–Crippen LogP) is 1.91. The Labute approximate surface area is 180 Å². The van der Waals surface area contributed by atoms with Crippen molar-refractivity contribution in [2.24, 2.45) is 0 Å². The number of urea groups is 1. The smallest absolute Gasteiger partial charge is 0.321 e. The third-order valence-electron chi connectivity index (χ3n) is 5.22. The molecule has 2 aliphatic rings. The Hall–Kier alpha value is -3.62. The number of nitrogens with zero attached hydrogens (tertiary/aromatic N) is 2. The zero-order valence-electron chi connectivity index (χ0n) is 17.7. The topological polar surface area (TPSA) is 121 Å². The van der Waals surface area contributed by atoms with Crippen molar-refractivity contribution >= 4 is 18.3 Å². The lowest BCUT2D eigenvalue weighted by Crippen LogP contribution is -2.48. The minimum Gasteiger partial charge on any atom is -0.508 e. The number of pyridine rings is 1. The number of nitrogens with one attached hydrogen (secondary N) is 2. The second-order valence-electron chi connectivity index (χ2n) is 7.64. The van der Waals surface area contributed by atoms with Gasteiger partial charge in [-0.1, -0.05) is 12.1 Å². The van der Waals surface area contributed by atoms with Gasteiger partial charge >= 0.3 is 6.03 Å². The summed E-state index contributed by atoms with van der Waals surface area (Å²) in [5.74, 6) is 0.777. The van der Waals surface area contributed by atoms with Gasteiger partial charge in [-0.15, -0.1) is 0 Å². The van der Waals surface area contributed by atoms with E-state index in [0.29, 0.717) is 24.4 Å². The first-order valence-corrected chi connectivity index (χ1v) is 9.99. The molecule has 1 aromatic carbocycles. The van der Waals surface area contributed by atoms with Crippen LogP contribution in [-0.2, 0) is 17.8 Å². The van der Waals surface area contributed by atoms with E-state index >= 15 is 0 Å². The highest BCUT2D eigenvalue weighted by atomic mass is 16.5. The summed E-state index contributed by atoms with van der Waals surface area (Å²) >= 11 is 0. The van der Waals surface area contributed by atoms with Gasteiger partial charge in [0, 0.05) is 30.4 Å². The maximum Gasteiger partial charge on any atom is 0.321 e. The average molecular weight is 426 g/mol. The fraction of sp³-hybridized carbons (Fsp3) is 0.364. The third kappa shape index (κ3) is 5.30. The second kappa shape index (κ2) is 9.46. The largest absolute Gasteiger partial charge is 0.508 e. The monoisotopic (exact) mass is 426 g/mol. The fourth-order valence-electron chi connectivity index (χ4n) is 3.54. The van der Waals surface area contributed by atoms with E-state index in [2.05, 4.69) is 10.3 Å². The highest BCUT2D eigenvalue weighted by Crippen LogP contribution is 2.27. The van der Waals surface area contributed by atoms with Crippen LogP contribution in [0.1, 0.15) is 40.5 Å². The Morgan fingerprint density at radius 2 is 2.06 bits per heavy atom. The number of amides is 4. The van der Waals surface area contributed by atoms with Crippen molar-refractivity contribution in [3.8, 4) is 11.6 Å². The summed E-state index contributed by atoms with van der Waals surface area (Å²) in [6, 6.07) is 8.16. The minimum absolute atomic E-state index is 0.0131. The molecule has 0 aliphatic carbocycles. The maximum absolute atomic E-state index is 11.4. The molecule has 0 saturated carbocycles. The van der Waals surface area contributed by atoms with Crippen molar-refractivity contribution in [1.29, 1.82) is 0 Å². The van der Waals surface area contributed by atoms with Crippen LogP contribution < -0.4 is 15.4 Å². The number of phenols is 1. The summed E-state index contributed by atoms with van der Waals surface area (Å²) in [7, 11) is 1.75. The Morgan fingerprint density at radius 1 is 1.32 bits per heavy atom. The molecule has 2 atom stereocenters. The number of aromatic nitrogens is 1. The van der Waals surface area contributed by atoms with Crippen LogP contribution in [0.2, 0.25) is 0 Å². The number of rotatable bonds is 3. The normalized spacial score (nSPS) is 17.3. The summed E-state index contributed by atoms with van der Waals surface area (Å²) in [5.41, 5.74) is 3.60. The molecular weight excluding hydrogens is 400 g/mol. The molecule has 4 rings (SSSR count). The molecule has 0 spiro atoms. The fourth-order valence-corrected chi connectivity index (χ4v) is 3.54. The molecule has 3 N–H and O–H groups in total. The Bertz CT molecular complexity index is 994. The number of carbonyl (C=O) groups is 3. The van der Waals surface area contributed by atoms with Crippen molar-refractivity contribution in [3.05, 3.63) is 52.7 Å². The van der Waals surface area contributed by atoms with Crippen molar-refractivity contribution < 1.29 is 24.2 Å². The zero-order chi connectivity index (χ0) is 22.5. The first-order chi connectivity index (χ1) is 14.8. The summed E-state index contributed by atoms with van der Waals surface area (Å²) in [6.45, 7) is 4.40. The number of benzene rings is 1. The molecular formula is C22H26N4O5. The molecule has 4 amide bonds. The van der Waals surface area contributed by atoms with E-state index in [0.717, 1.165) is 29.7 Å². The zero-order valence-corrected chi connectivity index (χ0v) is 17.7. The third-order valence-corrected chi connectivity index (χ3v) is 5.22. The van der Waals surface area contributed by atoms with Gasteiger partial charge in [0.05, 0.1) is 6.04 Å². The number of fused-ring (bicyclic) bond motifs is 2. The van der Waals surface area contributed by atoms with E-state index in [4.69, 9.17) is 9.84 Å². The summed E-state index contributed by atoms with van der Waals surface area (Å²) in [5, 5.41) is 13.8. The van der Waals surface area contributed by atoms with Gasteiger partial charge in [-0.3, -0.25) is 14.9 Å². The Morgan fingerprint density at radius 3 is 2.81 bits per heavy atom. The summed E-state index contributed by atoms with van der Waals surface area (Å²) < 4.78 is 5.81. The number of ether oxygens (including phenoxy) is 1. The standard InChI is InChI=1S/C13H17N3O3.C9H9NO2/c1-8-3-4-10-5-6-11(19-12(10)15-8)9(2)16-13(18)14-7-17;1-10-5-6-2-3-7(11)4-8(6)9(10)12/h3-4,7,9,11H,5-6H2,1-2H3,(H2,14,16,17,18);2-4,11H,5H2,1H3. The predicted molar refractivity (Wildman–Crippen MR) is 113 cm³/mol. The van der Waals surface area contributed by atoms with Crippen LogP contribution >= 0.6 is 0 Å². The van der Waals surface area contributed by atoms with Crippen LogP contribution in [0.4, 0.5) is 4.79 Å². The highest BCUT2D eigenvalue weighted by Gasteiger charge is 2.27. The molecule has 9 heteroatoms. The van der Waals surface area contributed by atoms with E-state index in [1.54, 1.807) is 24.1 Å². The lowest BCUT2D eigenvalue weighted by atomic mass is 10.0. The van der Waals surface area contributed by atoms with E-state index in [9.17, 15) is 14.4 Å². The second-order valence-corrected chi connectivity index (χ2v) is 7.64. The lowest BCUT2D eigenvalue weighted by Gasteiger charge is -2.30. The van der Waals surface area contributed by atoms with Crippen LogP contribution in [0, 0.1) is 6.92 Å². The number of aromatic hydroxyl groups is 1. The molecule has 0 fully saturated rings. The number of imide groups is 1. The maximum atomic E-state index is 11.4. The highest BCUT2D eigenvalue weighted by molar-refractivity contribution is 5.98. The van der Waals surface area contributed by atoms with Gasteiger partial charge in [0.15, 0.2) is 0 Å². The van der Waals surface area contributed by atoms with Crippen molar-refractivity contribution in [3.63, 3.8) is 0 Å². The summed E-state index contributed by atoms with van der Waals surface area (Å²) in [6.07, 6.45) is 1.89. The van der Waals surface area contributed by atoms with Gasteiger partial charge in [0.1, 0.15) is 11.9 Å². The molecule has 3 heterocycles. The number of carbonyl (C=O) groups excluding carboxylic acids is 3. The molecule has 2 aliphatic heterocycles. The van der Waals surface area contributed by atoms with E-state index in [1.807, 2.05) is 31.3 Å².